The van der Waals surface area contributed by atoms with Gasteiger partial charge in [0.05, 0.1) is 0 Å². The molecular formula is C12H22B2N3Si. The minimum absolute atomic E-state index is 0.162. The van der Waals surface area contributed by atoms with Gasteiger partial charge in [-0.2, -0.15) is 0 Å². The van der Waals surface area contributed by atoms with E-state index in [4.69, 9.17) is 0 Å². The predicted molar refractivity (Wildman–Crippen MR) is 84.0 cm³/mol. The van der Waals surface area contributed by atoms with Gasteiger partial charge >= 0.3 is 6.98 Å². The van der Waals surface area contributed by atoms with E-state index in [1.54, 1.807) is 0 Å². The summed E-state index contributed by atoms with van der Waals surface area (Å²) in [5, 5.41) is 0. The Labute approximate surface area is 114 Å². The summed E-state index contributed by atoms with van der Waals surface area (Å²) in [6, 6.07) is 11.3. The van der Waals surface area contributed by atoms with E-state index in [0.717, 1.165) is 0 Å². The lowest BCUT2D eigenvalue weighted by atomic mass is 9.60. The van der Waals surface area contributed by atoms with Crippen molar-refractivity contribution in [1.29, 1.82) is 0 Å². The lowest BCUT2D eigenvalue weighted by Gasteiger charge is -2.50. The van der Waals surface area contributed by atoms with Gasteiger partial charge in [0.15, 0.2) is 0 Å². The second-order valence-corrected chi connectivity index (χ2v) is 6.93. The molecule has 6 heteroatoms. The van der Waals surface area contributed by atoms with Crippen molar-refractivity contribution in [3.05, 3.63) is 30.3 Å². The first-order valence-corrected chi connectivity index (χ1v) is 7.73. The fourth-order valence-electron chi connectivity index (χ4n) is 2.80. The molecular weight excluding hydrogens is 236 g/mol. The zero-order chi connectivity index (χ0) is 13.3. The summed E-state index contributed by atoms with van der Waals surface area (Å²) in [7, 11) is 2.39. The van der Waals surface area contributed by atoms with Crippen LogP contribution >= 0.6 is 0 Å². The molecule has 1 fully saturated rings. The molecule has 0 aromatic heterocycles. The van der Waals surface area contributed by atoms with Crippen molar-refractivity contribution in [3.63, 3.8) is 0 Å². The van der Waals surface area contributed by atoms with Gasteiger partial charge in [0.2, 0.25) is 9.84 Å². The monoisotopic (exact) mass is 258 g/mol. The first-order chi connectivity index (χ1) is 8.52. The van der Waals surface area contributed by atoms with Gasteiger partial charge in [0.1, 0.15) is 0 Å². The van der Waals surface area contributed by atoms with Crippen molar-refractivity contribution in [2.75, 3.05) is 11.5 Å². The Morgan fingerprint density at radius 1 is 1.06 bits per heavy atom. The first kappa shape index (κ1) is 13.7. The second kappa shape index (κ2) is 5.51. The van der Waals surface area contributed by atoms with Gasteiger partial charge in [-0.3, -0.25) is 0 Å². The fraction of sp³-hybridized carbons (Fsp3) is 0.500. The van der Waals surface area contributed by atoms with Crippen LogP contribution in [0.25, 0.3) is 0 Å². The van der Waals surface area contributed by atoms with Crippen molar-refractivity contribution in [2.24, 2.45) is 0 Å². The highest BCUT2D eigenvalue weighted by Gasteiger charge is 2.40. The zero-order valence-corrected chi connectivity index (χ0v) is 13.2. The third-order valence-corrected chi connectivity index (χ3v) is 5.59. The van der Waals surface area contributed by atoms with E-state index in [1.807, 2.05) is 0 Å². The Hall–Kier alpha value is -0.713. The summed E-state index contributed by atoms with van der Waals surface area (Å²) in [5.41, 5.74) is 1.34. The van der Waals surface area contributed by atoms with Gasteiger partial charge in [-0.1, -0.05) is 45.7 Å². The van der Waals surface area contributed by atoms with Crippen LogP contribution in [0.3, 0.4) is 0 Å². The number of hydrogen-bond acceptors (Lipinski definition) is 3. The normalized spacial score (nSPS) is 18.9. The van der Waals surface area contributed by atoms with Gasteiger partial charge in [0.25, 0.3) is 6.98 Å². The second-order valence-electron chi connectivity index (χ2n) is 5.33. The van der Waals surface area contributed by atoms with E-state index >= 15 is 0 Å². The number of anilines is 1. The first-order valence-electron chi connectivity index (χ1n) is 6.70. The van der Waals surface area contributed by atoms with E-state index < -0.39 is 0 Å². The van der Waals surface area contributed by atoms with Gasteiger partial charge in [-0.25, -0.2) is 0 Å². The van der Waals surface area contributed by atoms with Crippen LogP contribution in [0.1, 0.15) is 13.8 Å². The molecule has 0 N–H and O–H groups in total. The van der Waals surface area contributed by atoms with Crippen LogP contribution in [0.4, 0.5) is 5.69 Å². The van der Waals surface area contributed by atoms with Crippen LogP contribution in [-0.2, 0) is 0 Å². The summed E-state index contributed by atoms with van der Waals surface area (Å²) in [4.78, 5) is 0. The van der Waals surface area contributed by atoms with Crippen LogP contribution < -0.4 is 4.48 Å². The number of para-hydroxylation sites is 1. The average Bonchev–Trinajstić information content (AvgIpc) is 2.34. The lowest BCUT2D eigenvalue weighted by Crippen LogP contribution is -2.72. The average molecular weight is 258 g/mol. The largest absolute Gasteiger partial charge is 0.421 e. The Balaban J connectivity index is 2.27. The topological polar surface area (TPSA) is 9.72 Å². The molecule has 0 saturated carbocycles. The third-order valence-electron chi connectivity index (χ3n) is 3.81. The lowest BCUT2D eigenvalue weighted by molar-refractivity contribution is 0.489. The molecule has 1 heterocycles. The quantitative estimate of drug-likeness (QED) is 0.747. The molecule has 1 radical (unpaired) electrons. The summed E-state index contributed by atoms with van der Waals surface area (Å²) in [6.07, 6.45) is 0. The van der Waals surface area contributed by atoms with E-state index in [2.05, 4.69) is 78.5 Å². The maximum atomic E-state index is 2.57. The maximum Gasteiger partial charge on any atom is 0.321 e. The molecule has 0 atom stereocenters. The number of rotatable bonds is 2. The van der Waals surface area contributed by atoms with Crippen molar-refractivity contribution < 1.29 is 0 Å². The van der Waals surface area contributed by atoms with Gasteiger partial charge in [0, 0.05) is 5.69 Å². The predicted octanol–water partition coefficient (Wildman–Crippen LogP) is 1.65. The molecule has 2 rings (SSSR count). The molecule has 18 heavy (non-hydrogen) atoms. The molecule has 0 bridgehead atoms. The van der Waals surface area contributed by atoms with Gasteiger partial charge < -0.3 is 13.7 Å². The van der Waals surface area contributed by atoms with E-state index in [-0.39, 0.29) is 9.84 Å². The van der Waals surface area contributed by atoms with Crippen molar-refractivity contribution in [1.82, 2.24) is 9.20 Å². The standard InChI is InChI=1S/C12H22B2N3Si/c1-11(2)16-13(3)15(5)18-17(14(16)4)12-9-7-6-8-10-12/h6-11,18H,1-5H3. The number of nitrogens with zero attached hydrogens (tertiary/aromatic N) is 3. The fourth-order valence-corrected chi connectivity index (χ4v) is 4.19. The highest BCUT2D eigenvalue weighted by Crippen LogP contribution is 2.22. The highest BCUT2D eigenvalue weighted by atomic mass is 28.2. The van der Waals surface area contributed by atoms with E-state index in [1.165, 1.54) is 5.69 Å². The zero-order valence-electron chi connectivity index (χ0n) is 12.0. The van der Waals surface area contributed by atoms with Gasteiger partial charge in [-0.15, -0.1) is 0 Å². The van der Waals surface area contributed by atoms with Gasteiger partial charge in [-0.05, 0) is 25.2 Å². The van der Waals surface area contributed by atoms with Crippen LogP contribution in [0.2, 0.25) is 13.6 Å². The number of hydrogen-bond donors (Lipinski definition) is 0. The minimum atomic E-state index is 0.162. The molecule has 0 amide bonds. The van der Waals surface area contributed by atoms with Crippen LogP contribution in [0.5, 0.6) is 0 Å². The van der Waals surface area contributed by atoms with Crippen LogP contribution in [0.15, 0.2) is 30.3 Å². The third kappa shape index (κ3) is 2.51. The summed E-state index contributed by atoms with van der Waals surface area (Å²) in [6.45, 7) is 10.2. The van der Waals surface area contributed by atoms with Crippen molar-refractivity contribution in [2.45, 2.75) is 33.5 Å². The van der Waals surface area contributed by atoms with E-state index in [0.29, 0.717) is 20.0 Å². The minimum Gasteiger partial charge on any atom is -0.421 e. The van der Waals surface area contributed by atoms with Crippen molar-refractivity contribution in [3.8, 4) is 0 Å². The molecule has 3 nitrogen and oxygen atoms in total. The molecule has 1 aliphatic rings. The maximum absolute atomic E-state index is 2.57. The number of benzene rings is 1. The molecule has 0 spiro atoms. The highest BCUT2D eigenvalue weighted by molar-refractivity contribution is 6.86. The molecule has 0 aliphatic carbocycles. The molecule has 1 saturated heterocycles. The molecule has 0 unspecified atom stereocenters. The molecule has 1 aliphatic heterocycles. The molecule has 1 aromatic rings. The SMILES string of the molecule is CB1N(C)[SiH]N(c2ccccc2)B(C)N1C(C)C. The van der Waals surface area contributed by atoms with E-state index in [9.17, 15) is 0 Å². The summed E-state index contributed by atoms with van der Waals surface area (Å²) < 4.78 is 7.59. The van der Waals surface area contributed by atoms with Crippen LogP contribution in [-0.4, -0.2) is 46.1 Å². The Bertz CT molecular complexity index is 390. The Kier molecular flexibility index (Phi) is 4.20. The molecule has 95 valence electrons. The van der Waals surface area contributed by atoms with Crippen molar-refractivity contribution >= 4 is 29.5 Å². The smallest absolute Gasteiger partial charge is 0.321 e. The Morgan fingerprint density at radius 3 is 2.22 bits per heavy atom. The summed E-state index contributed by atoms with van der Waals surface area (Å²) in [5.74, 6) is 0. The summed E-state index contributed by atoms with van der Waals surface area (Å²) >= 11 is 0. The van der Waals surface area contributed by atoms with Crippen LogP contribution in [0, 0.1) is 0 Å². The Morgan fingerprint density at radius 2 is 1.67 bits per heavy atom. The molecule has 1 aromatic carbocycles.